The fraction of sp³-hybridized carbons (Fsp3) is 0.300. The second-order valence-electron chi connectivity index (χ2n) is 3.45. The van der Waals surface area contributed by atoms with Crippen LogP contribution in [-0.2, 0) is 14.3 Å². The number of aromatic nitrogens is 2. The normalized spacial score (nSPS) is 18.7. The highest BCUT2D eigenvalue weighted by Gasteiger charge is 2.22. The van der Waals surface area contributed by atoms with Crippen LogP contribution in [0.4, 0.5) is 5.13 Å². The van der Waals surface area contributed by atoms with Crippen LogP contribution in [0.2, 0.25) is 0 Å². The van der Waals surface area contributed by atoms with Gasteiger partial charge in [-0.05, 0) is 6.92 Å². The first-order valence-corrected chi connectivity index (χ1v) is 5.86. The lowest BCUT2D eigenvalue weighted by molar-refractivity contribution is -0.121. The van der Waals surface area contributed by atoms with Crippen LogP contribution in [0.25, 0.3) is 0 Å². The van der Waals surface area contributed by atoms with E-state index in [9.17, 15) is 9.59 Å². The summed E-state index contributed by atoms with van der Waals surface area (Å²) in [5.41, 5.74) is 0.0288. The summed E-state index contributed by atoms with van der Waals surface area (Å²) in [6.45, 7) is 1.78. The second kappa shape index (κ2) is 5.15. The van der Waals surface area contributed by atoms with Gasteiger partial charge in [0.2, 0.25) is 5.13 Å². The van der Waals surface area contributed by atoms with E-state index in [1.807, 2.05) is 0 Å². The van der Waals surface area contributed by atoms with Crippen LogP contribution in [0.3, 0.4) is 0 Å². The molecule has 1 aliphatic rings. The predicted molar refractivity (Wildman–Crippen MR) is 65.7 cm³/mol. The molecule has 1 amide bonds. The van der Waals surface area contributed by atoms with Crippen LogP contribution in [0.15, 0.2) is 16.8 Å². The maximum atomic E-state index is 11.8. The third kappa shape index (κ3) is 2.66. The van der Waals surface area contributed by atoms with Crippen LogP contribution in [0.5, 0.6) is 0 Å². The van der Waals surface area contributed by atoms with Gasteiger partial charge in [-0.1, -0.05) is 11.3 Å². The number of amides is 1. The number of anilines is 1. The zero-order chi connectivity index (χ0) is 13.1. The van der Waals surface area contributed by atoms with Gasteiger partial charge in [-0.3, -0.25) is 19.9 Å². The van der Waals surface area contributed by atoms with Gasteiger partial charge in [-0.25, -0.2) is 0 Å². The summed E-state index contributed by atoms with van der Waals surface area (Å²) in [5.74, 6) is -0.809. The van der Waals surface area contributed by atoms with Gasteiger partial charge in [0.05, 0.1) is 0 Å². The van der Waals surface area contributed by atoms with Gasteiger partial charge >= 0.3 is 0 Å². The van der Waals surface area contributed by atoms with Gasteiger partial charge in [0.25, 0.3) is 5.91 Å². The Labute approximate surface area is 107 Å². The van der Waals surface area contributed by atoms with Crippen molar-refractivity contribution in [2.45, 2.75) is 13.0 Å². The first-order chi connectivity index (χ1) is 8.60. The summed E-state index contributed by atoms with van der Waals surface area (Å²) in [7, 11) is 1.40. The van der Waals surface area contributed by atoms with Gasteiger partial charge in [0.1, 0.15) is 10.7 Å². The molecular formula is C10H10N4O3S. The van der Waals surface area contributed by atoms with E-state index in [0.717, 1.165) is 11.1 Å². The van der Waals surface area contributed by atoms with Crippen LogP contribution in [0, 0.1) is 6.92 Å². The van der Waals surface area contributed by atoms with E-state index >= 15 is 0 Å². The Hall–Kier alpha value is -1.93. The Morgan fingerprint density at radius 1 is 1.50 bits per heavy atom. The van der Waals surface area contributed by atoms with E-state index in [2.05, 4.69) is 20.5 Å². The monoisotopic (exact) mass is 266 g/mol. The third-order valence-electron chi connectivity index (χ3n) is 2.14. The minimum absolute atomic E-state index is 0.0288. The average Bonchev–Trinajstić information content (AvgIpc) is 2.74. The van der Waals surface area contributed by atoms with Crippen LogP contribution in [0.1, 0.15) is 5.01 Å². The quantitative estimate of drug-likeness (QED) is 0.851. The minimum atomic E-state index is -0.717. The van der Waals surface area contributed by atoms with Crippen molar-refractivity contribution in [1.82, 2.24) is 10.2 Å². The Bertz CT molecular complexity index is 549. The number of methoxy groups -OCH3 is 1. The van der Waals surface area contributed by atoms with E-state index in [4.69, 9.17) is 4.74 Å². The van der Waals surface area contributed by atoms with Crippen molar-refractivity contribution in [3.8, 4) is 0 Å². The van der Waals surface area contributed by atoms with Crippen molar-refractivity contribution in [3.63, 3.8) is 0 Å². The van der Waals surface area contributed by atoms with Crippen molar-refractivity contribution >= 4 is 34.4 Å². The first-order valence-electron chi connectivity index (χ1n) is 5.04. The Morgan fingerprint density at radius 3 is 2.83 bits per heavy atom. The molecule has 0 radical (unpaired) electrons. The molecule has 0 aliphatic carbocycles. The molecule has 0 aromatic carbocycles. The molecule has 0 fully saturated rings. The van der Waals surface area contributed by atoms with Gasteiger partial charge in [0.15, 0.2) is 11.9 Å². The van der Waals surface area contributed by atoms with Crippen LogP contribution in [-0.4, -0.2) is 41.3 Å². The molecule has 18 heavy (non-hydrogen) atoms. The maximum absolute atomic E-state index is 11.8. The number of nitrogens with one attached hydrogen (secondary N) is 1. The summed E-state index contributed by atoms with van der Waals surface area (Å²) in [6.07, 6.45) is 1.73. The molecule has 7 nitrogen and oxygen atoms in total. The molecule has 1 unspecified atom stereocenters. The summed E-state index contributed by atoms with van der Waals surface area (Å²) in [5, 5.41) is 11.1. The molecule has 0 bridgehead atoms. The number of aliphatic imine (C=N–C) groups is 1. The second-order valence-corrected chi connectivity index (χ2v) is 4.63. The summed E-state index contributed by atoms with van der Waals surface area (Å²) in [4.78, 5) is 27.1. The SMILES string of the molecule is COC1C=NC(C(=O)Nc2nnc(C)s2)=CC1=O. The lowest BCUT2D eigenvalue weighted by Gasteiger charge is -2.11. The number of carbonyl (C=O) groups excluding carboxylic acids is 2. The van der Waals surface area contributed by atoms with E-state index < -0.39 is 12.0 Å². The molecule has 1 aliphatic heterocycles. The number of rotatable bonds is 3. The average molecular weight is 266 g/mol. The Balaban J connectivity index is 2.07. The largest absolute Gasteiger partial charge is 0.368 e. The molecule has 1 atom stereocenters. The van der Waals surface area contributed by atoms with Crippen molar-refractivity contribution in [3.05, 3.63) is 16.8 Å². The first kappa shape index (κ1) is 12.5. The summed E-state index contributed by atoms with van der Waals surface area (Å²) < 4.78 is 4.86. The number of hydrogen-bond donors (Lipinski definition) is 1. The highest BCUT2D eigenvalue weighted by atomic mass is 32.1. The summed E-state index contributed by atoms with van der Waals surface area (Å²) in [6, 6.07) is 0. The predicted octanol–water partition coefficient (Wildman–Crippen LogP) is 0.337. The fourth-order valence-corrected chi connectivity index (χ4v) is 1.87. The maximum Gasteiger partial charge on any atom is 0.276 e. The van der Waals surface area contributed by atoms with Gasteiger partial charge in [-0.15, -0.1) is 10.2 Å². The lowest BCUT2D eigenvalue weighted by Crippen LogP contribution is -2.28. The number of ether oxygens (including phenoxy) is 1. The molecule has 2 rings (SSSR count). The molecule has 0 saturated heterocycles. The molecule has 8 heteroatoms. The molecule has 1 aromatic heterocycles. The number of carbonyl (C=O) groups is 2. The highest BCUT2D eigenvalue weighted by Crippen LogP contribution is 2.15. The number of aryl methyl sites for hydroxylation is 1. The minimum Gasteiger partial charge on any atom is -0.368 e. The standard InChI is InChI=1S/C10H10N4O3S/c1-5-13-14-10(18-5)12-9(16)6-3-7(15)8(17-2)4-11-6/h3-4,8H,1-2H3,(H,12,14,16). The number of ketones is 1. The lowest BCUT2D eigenvalue weighted by atomic mass is 10.1. The van der Waals surface area contributed by atoms with Gasteiger partial charge in [-0.2, -0.15) is 0 Å². The van der Waals surface area contributed by atoms with Crippen molar-refractivity contribution in [1.29, 1.82) is 0 Å². The molecule has 1 N–H and O–H groups in total. The number of nitrogens with zero attached hydrogens (tertiary/aromatic N) is 3. The van der Waals surface area contributed by atoms with Gasteiger partial charge in [0, 0.05) is 19.4 Å². The topological polar surface area (TPSA) is 93.5 Å². The van der Waals surface area contributed by atoms with E-state index in [-0.39, 0.29) is 11.5 Å². The van der Waals surface area contributed by atoms with Crippen LogP contribution >= 0.6 is 11.3 Å². The van der Waals surface area contributed by atoms with Crippen molar-refractivity contribution in [2.24, 2.45) is 4.99 Å². The van der Waals surface area contributed by atoms with E-state index in [1.165, 1.54) is 24.7 Å². The molecule has 2 heterocycles. The molecular weight excluding hydrogens is 256 g/mol. The molecule has 94 valence electrons. The molecule has 1 aromatic rings. The third-order valence-corrected chi connectivity index (χ3v) is 2.90. The van der Waals surface area contributed by atoms with Crippen molar-refractivity contribution in [2.75, 3.05) is 12.4 Å². The highest BCUT2D eigenvalue weighted by molar-refractivity contribution is 7.15. The fourth-order valence-electron chi connectivity index (χ4n) is 1.29. The molecule has 0 saturated carbocycles. The van der Waals surface area contributed by atoms with Gasteiger partial charge < -0.3 is 4.74 Å². The summed E-state index contributed by atoms with van der Waals surface area (Å²) >= 11 is 1.24. The van der Waals surface area contributed by atoms with E-state index in [1.54, 1.807) is 6.92 Å². The Kier molecular flexibility index (Phi) is 3.58. The zero-order valence-corrected chi connectivity index (χ0v) is 10.5. The molecule has 0 spiro atoms. The van der Waals surface area contributed by atoms with Crippen LogP contribution < -0.4 is 5.32 Å². The zero-order valence-electron chi connectivity index (χ0n) is 9.71. The van der Waals surface area contributed by atoms with Crippen molar-refractivity contribution < 1.29 is 14.3 Å². The van der Waals surface area contributed by atoms with E-state index in [0.29, 0.717) is 5.13 Å². The number of hydrogen-bond acceptors (Lipinski definition) is 7. The smallest absolute Gasteiger partial charge is 0.276 e. The Morgan fingerprint density at radius 2 is 2.28 bits per heavy atom.